The number of imide groups is 1. The van der Waals surface area contributed by atoms with Gasteiger partial charge in [-0.2, -0.15) is 0 Å². The molecule has 3 atom stereocenters. The average molecular weight is 383 g/mol. The number of likely N-dealkylation sites (tertiary alicyclic amines) is 1. The molecule has 0 aromatic carbocycles. The fraction of sp³-hybridized carbons (Fsp3) is 0.474. The van der Waals surface area contributed by atoms with Crippen LogP contribution in [0.1, 0.15) is 19.8 Å². The quantitative estimate of drug-likeness (QED) is 0.685. The third-order valence-corrected chi connectivity index (χ3v) is 5.82. The van der Waals surface area contributed by atoms with Gasteiger partial charge in [-0.1, -0.05) is 0 Å². The summed E-state index contributed by atoms with van der Waals surface area (Å²) < 4.78 is 0. The van der Waals surface area contributed by atoms with Crippen LogP contribution in [0.3, 0.4) is 0 Å². The van der Waals surface area contributed by atoms with Gasteiger partial charge in [-0.05, 0) is 37.7 Å². The molecule has 2 aromatic heterocycles. The van der Waals surface area contributed by atoms with Crippen molar-refractivity contribution in [2.45, 2.75) is 25.8 Å². The van der Waals surface area contributed by atoms with E-state index in [1.807, 2.05) is 12.3 Å². The third-order valence-electron chi connectivity index (χ3n) is 5.82. The highest BCUT2D eigenvalue weighted by Crippen LogP contribution is 2.41. The summed E-state index contributed by atoms with van der Waals surface area (Å²) in [6.07, 6.45) is 6.68. The lowest BCUT2D eigenvalue weighted by Gasteiger charge is -2.27. The topological polar surface area (TPSA) is 120 Å². The lowest BCUT2D eigenvalue weighted by Crippen LogP contribution is -2.42. The normalized spacial score (nSPS) is 24.4. The van der Waals surface area contributed by atoms with Gasteiger partial charge in [0, 0.05) is 44.1 Å². The molecule has 1 aliphatic heterocycles. The van der Waals surface area contributed by atoms with E-state index in [4.69, 9.17) is 5.73 Å². The number of nitrogens with two attached hydrogens (primary N) is 1. The Morgan fingerprint density at radius 1 is 1.32 bits per heavy atom. The summed E-state index contributed by atoms with van der Waals surface area (Å²) >= 11 is 0. The molecule has 1 saturated heterocycles. The zero-order valence-electron chi connectivity index (χ0n) is 16.1. The molecule has 2 unspecified atom stereocenters. The monoisotopic (exact) mass is 383 g/mol. The molecule has 2 aromatic rings. The molecular weight excluding hydrogens is 358 g/mol. The first-order chi connectivity index (χ1) is 13.4. The van der Waals surface area contributed by atoms with Crippen LogP contribution in [-0.4, -0.2) is 58.0 Å². The predicted octanol–water partition coefficient (Wildman–Crippen LogP) is 1.20. The Balaban J connectivity index is 1.38. The van der Waals surface area contributed by atoms with E-state index >= 15 is 0 Å². The largest absolute Gasteiger partial charge is 0.402 e. The Hall–Kier alpha value is -3.10. The van der Waals surface area contributed by atoms with Crippen LogP contribution in [0.4, 0.5) is 10.6 Å². The minimum absolute atomic E-state index is 0.341. The van der Waals surface area contributed by atoms with Gasteiger partial charge in [0.1, 0.15) is 17.8 Å². The molecule has 3 amide bonds. The predicted molar refractivity (Wildman–Crippen MR) is 105 cm³/mol. The molecule has 1 aliphatic carbocycles. The van der Waals surface area contributed by atoms with Crippen molar-refractivity contribution in [1.82, 2.24) is 25.2 Å². The second kappa shape index (κ2) is 7.14. The van der Waals surface area contributed by atoms with Gasteiger partial charge in [0.2, 0.25) is 0 Å². The number of anilines is 1. The molecule has 9 nitrogen and oxygen atoms in total. The van der Waals surface area contributed by atoms with E-state index in [0.29, 0.717) is 36.7 Å². The maximum absolute atomic E-state index is 12.3. The van der Waals surface area contributed by atoms with E-state index in [1.165, 1.54) is 6.08 Å². The van der Waals surface area contributed by atoms with Gasteiger partial charge in [-0.25, -0.2) is 14.8 Å². The van der Waals surface area contributed by atoms with Crippen molar-refractivity contribution < 1.29 is 9.59 Å². The number of aromatic amines is 1. The number of rotatable bonds is 3. The summed E-state index contributed by atoms with van der Waals surface area (Å²) in [7, 11) is 2.07. The molecule has 3 heterocycles. The van der Waals surface area contributed by atoms with Crippen LogP contribution in [-0.2, 0) is 4.79 Å². The molecule has 0 bridgehead atoms. The minimum Gasteiger partial charge on any atom is -0.402 e. The van der Waals surface area contributed by atoms with Gasteiger partial charge in [-0.15, -0.1) is 0 Å². The van der Waals surface area contributed by atoms with Crippen molar-refractivity contribution in [2.24, 2.45) is 17.6 Å². The van der Waals surface area contributed by atoms with E-state index in [-0.39, 0.29) is 6.03 Å². The average Bonchev–Trinajstić information content (AvgIpc) is 3.33. The molecule has 148 valence electrons. The van der Waals surface area contributed by atoms with Crippen molar-refractivity contribution in [3.8, 4) is 0 Å². The molecular formula is C19H25N7O2. The molecule has 4 rings (SSSR count). The number of H-pyrrole nitrogens is 1. The highest BCUT2D eigenvalue weighted by Gasteiger charge is 2.44. The number of hydrogen-bond acceptors (Lipinski definition) is 6. The summed E-state index contributed by atoms with van der Waals surface area (Å²) in [5.74, 6) is 1.33. The molecule has 0 radical (unpaired) electrons. The molecule has 2 aliphatic rings. The van der Waals surface area contributed by atoms with Crippen LogP contribution in [0.5, 0.6) is 0 Å². The highest BCUT2D eigenvalue weighted by molar-refractivity contribution is 6.00. The van der Waals surface area contributed by atoms with Gasteiger partial charge < -0.3 is 20.5 Å². The first-order valence-corrected chi connectivity index (χ1v) is 9.47. The zero-order valence-corrected chi connectivity index (χ0v) is 16.1. The van der Waals surface area contributed by atoms with Crippen molar-refractivity contribution in [3.63, 3.8) is 0 Å². The van der Waals surface area contributed by atoms with Crippen molar-refractivity contribution >= 4 is 28.8 Å². The standard InChI is InChI=1S/C19H25N7O2/c1-11(20)5-16(27)24-19(28)26-8-12-6-14(7-13(12)9-26)25(2)18-15-3-4-21-17(15)22-10-23-18/h3-5,10,12-14H,6-9,20H2,1-2H3,(H,21,22,23)(H,24,27,28)/t12-,13?,14?/m1/s1. The lowest BCUT2D eigenvalue weighted by atomic mass is 10.0. The smallest absolute Gasteiger partial charge is 0.324 e. The molecule has 4 N–H and O–H groups in total. The van der Waals surface area contributed by atoms with Crippen molar-refractivity contribution in [3.05, 3.63) is 30.4 Å². The molecule has 1 saturated carbocycles. The second-order valence-electron chi connectivity index (χ2n) is 7.78. The summed E-state index contributed by atoms with van der Waals surface area (Å²) in [4.78, 5) is 39.9. The van der Waals surface area contributed by atoms with Gasteiger partial charge in [0.05, 0.1) is 5.39 Å². The second-order valence-corrected chi connectivity index (χ2v) is 7.78. The van der Waals surface area contributed by atoms with Crippen LogP contribution < -0.4 is 16.0 Å². The van der Waals surface area contributed by atoms with Crippen LogP contribution >= 0.6 is 0 Å². The number of carbonyl (C=O) groups is 2. The molecule has 9 heteroatoms. The Morgan fingerprint density at radius 3 is 2.71 bits per heavy atom. The number of amides is 3. The van der Waals surface area contributed by atoms with Crippen LogP contribution in [0, 0.1) is 11.8 Å². The SMILES string of the molecule is CC(N)=CC(=O)NC(=O)N1CC2CC(N(C)c3ncnc4[nH]ccc34)C[C@@H]2C1. The fourth-order valence-electron chi connectivity index (χ4n) is 4.49. The van der Waals surface area contributed by atoms with E-state index in [2.05, 4.69) is 32.2 Å². The summed E-state index contributed by atoms with van der Waals surface area (Å²) in [5.41, 5.74) is 6.68. The fourth-order valence-corrected chi connectivity index (χ4v) is 4.49. The highest BCUT2D eigenvalue weighted by atomic mass is 16.2. The van der Waals surface area contributed by atoms with Gasteiger partial charge in [-0.3, -0.25) is 10.1 Å². The minimum atomic E-state index is -0.473. The number of allylic oxidation sites excluding steroid dienone is 1. The first kappa shape index (κ1) is 18.3. The number of nitrogens with zero attached hydrogens (tertiary/aromatic N) is 4. The number of carbonyl (C=O) groups excluding carboxylic acids is 2. The van der Waals surface area contributed by atoms with Crippen LogP contribution in [0.15, 0.2) is 30.4 Å². The Bertz CT molecular complexity index is 919. The van der Waals surface area contributed by atoms with E-state index < -0.39 is 5.91 Å². The first-order valence-electron chi connectivity index (χ1n) is 9.47. The van der Waals surface area contributed by atoms with Crippen LogP contribution in [0.2, 0.25) is 0 Å². The summed E-state index contributed by atoms with van der Waals surface area (Å²) in [5, 5.41) is 3.40. The Morgan fingerprint density at radius 2 is 2.04 bits per heavy atom. The van der Waals surface area contributed by atoms with E-state index in [0.717, 1.165) is 29.7 Å². The number of fused-ring (bicyclic) bond motifs is 2. The summed E-state index contributed by atoms with van der Waals surface area (Å²) in [6.45, 7) is 2.95. The molecule has 2 fully saturated rings. The number of urea groups is 1. The van der Waals surface area contributed by atoms with Crippen molar-refractivity contribution in [1.29, 1.82) is 0 Å². The summed E-state index contributed by atoms with van der Waals surface area (Å²) in [6, 6.07) is 2.03. The third kappa shape index (κ3) is 3.39. The van der Waals surface area contributed by atoms with Crippen LogP contribution in [0.25, 0.3) is 11.0 Å². The van der Waals surface area contributed by atoms with E-state index in [1.54, 1.807) is 18.2 Å². The Labute approximate surface area is 163 Å². The molecule has 0 spiro atoms. The van der Waals surface area contributed by atoms with Gasteiger partial charge in [0.25, 0.3) is 5.91 Å². The maximum atomic E-state index is 12.3. The maximum Gasteiger partial charge on any atom is 0.324 e. The van der Waals surface area contributed by atoms with Gasteiger partial charge >= 0.3 is 6.03 Å². The number of nitrogens with one attached hydrogen (secondary N) is 2. The van der Waals surface area contributed by atoms with Gasteiger partial charge in [0.15, 0.2) is 0 Å². The molecule has 28 heavy (non-hydrogen) atoms. The van der Waals surface area contributed by atoms with E-state index in [9.17, 15) is 9.59 Å². The Kier molecular flexibility index (Phi) is 4.66. The number of aromatic nitrogens is 3. The lowest BCUT2D eigenvalue weighted by molar-refractivity contribution is -0.115. The number of hydrogen-bond donors (Lipinski definition) is 3. The van der Waals surface area contributed by atoms with Crippen molar-refractivity contribution in [2.75, 3.05) is 25.0 Å². The zero-order chi connectivity index (χ0) is 19.8.